The standard InChI is InChI=1S/C12H14Cl2O5S/c1-2-5-18-6-7-19-12(15)9-3-4-10(13)11(8-9)20(14,16)17/h3-4,8H,2,5-7H2,1H3. The van der Waals surface area contributed by atoms with E-state index in [-0.39, 0.29) is 28.7 Å². The first-order valence-corrected chi connectivity index (χ1v) is 8.54. The average Bonchev–Trinajstić information content (AvgIpc) is 2.37. The molecule has 0 saturated heterocycles. The van der Waals surface area contributed by atoms with Gasteiger partial charge in [-0.3, -0.25) is 0 Å². The predicted octanol–water partition coefficient (Wildman–Crippen LogP) is 2.85. The molecule has 0 aromatic heterocycles. The topological polar surface area (TPSA) is 69.7 Å². The maximum Gasteiger partial charge on any atom is 0.338 e. The van der Waals surface area contributed by atoms with E-state index in [0.29, 0.717) is 6.61 Å². The van der Waals surface area contributed by atoms with E-state index in [1.807, 2.05) is 6.92 Å². The second kappa shape index (κ2) is 7.83. The molecule has 5 nitrogen and oxygen atoms in total. The lowest BCUT2D eigenvalue weighted by atomic mass is 10.2. The van der Waals surface area contributed by atoms with Crippen LogP contribution in [-0.4, -0.2) is 34.2 Å². The molecule has 0 aliphatic heterocycles. The van der Waals surface area contributed by atoms with Crippen molar-refractivity contribution in [1.82, 2.24) is 0 Å². The molecule has 0 fully saturated rings. The largest absolute Gasteiger partial charge is 0.460 e. The zero-order chi connectivity index (χ0) is 15.2. The van der Waals surface area contributed by atoms with Crippen LogP contribution in [0.4, 0.5) is 0 Å². The van der Waals surface area contributed by atoms with Crippen molar-refractivity contribution in [3.8, 4) is 0 Å². The number of rotatable bonds is 7. The summed E-state index contributed by atoms with van der Waals surface area (Å²) in [5.74, 6) is -0.664. The third kappa shape index (κ3) is 5.28. The Morgan fingerprint density at radius 3 is 2.55 bits per heavy atom. The highest BCUT2D eigenvalue weighted by atomic mass is 35.7. The van der Waals surface area contributed by atoms with E-state index in [2.05, 4.69) is 0 Å². The monoisotopic (exact) mass is 340 g/mol. The van der Waals surface area contributed by atoms with Crippen molar-refractivity contribution in [3.05, 3.63) is 28.8 Å². The maximum absolute atomic E-state index is 11.7. The highest BCUT2D eigenvalue weighted by molar-refractivity contribution is 8.13. The Hall–Kier alpha value is -0.820. The normalized spacial score (nSPS) is 11.3. The Labute approximate surface area is 127 Å². The van der Waals surface area contributed by atoms with E-state index >= 15 is 0 Å². The van der Waals surface area contributed by atoms with Gasteiger partial charge in [0, 0.05) is 17.3 Å². The second-order valence-corrected chi connectivity index (χ2v) is 6.77. The first-order chi connectivity index (χ1) is 9.36. The quantitative estimate of drug-likeness (QED) is 0.433. The zero-order valence-electron chi connectivity index (χ0n) is 10.8. The number of benzene rings is 1. The van der Waals surface area contributed by atoms with E-state index in [9.17, 15) is 13.2 Å². The van der Waals surface area contributed by atoms with Crippen LogP contribution in [0.25, 0.3) is 0 Å². The van der Waals surface area contributed by atoms with Gasteiger partial charge < -0.3 is 9.47 Å². The Bertz CT molecular complexity index is 571. The molecule has 0 aliphatic rings. The number of halogens is 2. The van der Waals surface area contributed by atoms with E-state index in [0.717, 1.165) is 12.5 Å². The van der Waals surface area contributed by atoms with Crippen molar-refractivity contribution in [2.24, 2.45) is 0 Å². The first kappa shape index (κ1) is 17.2. The Balaban J connectivity index is 2.70. The summed E-state index contributed by atoms with van der Waals surface area (Å²) in [6, 6.07) is 3.73. The van der Waals surface area contributed by atoms with Gasteiger partial charge in [-0.05, 0) is 24.6 Å². The average molecular weight is 341 g/mol. The van der Waals surface area contributed by atoms with Crippen molar-refractivity contribution in [2.45, 2.75) is 18.2 Å². The van der Waals surface area contributed by atoms with Crippen LogP contribution >= 0.6 is 22.3 Å². The van der Waals surface area contributed by atoms with Crippen LogP contribution in [-0.2, 0) is 18.5 Å². The second-order valence-electron chi connectivity index (χ2n) is 3.83. The minimum atomic E-state index is -4.01. The molecule has 20 heavy (non-hydrogen) atoms. The van der Waals surface area contributed by atoms with Gasteiger partial charge in [-0.2, -0.15) is 0 Å². The number of hydrogen-bond acceptors (Lipinski definition) is 5. The number of carbonyl (C=O) groups excluding carboxylic acids is 1. The van der Waals surface area contributed by atoms with Crippen molar-refractivity contribution >= 4 is 37.3 Å². The van der Waals surface area contributed by atoms with Gasteiger partial charge in [-0.1, -0.05) is 18.5 Å². The predicted molar refractivity (Wildman–Crippen MR) is 75.9 cm³/mol. The molecule has 112 valence electrons. The van der Waals surface area contributed by atoms with E-state index < -0.39 is 15.0 Å². The molecule has 0 unspecified atom stereocenters. The molecular formula is C12H14Cl2O5S. The Kier molecular flexibility index (Phi) is 6.75. The van der Waals surface area contributed by atoms with Crippen LogP contribution in [0, 0.1) is 0 Å². The molecule has 0 N–H and O–H groups in total. The molecule has 1 aromatic rings. The summed E-state index contributed by atoms with van der Waals surface area (Å²) in [6.45, 7) is 2.93. The molecule has 1 aromatic carbocycles. The molecule has 0 heterocycles. The first-order valence-electron chi connectivity index (χ1n) is 5.85. The fraction of sp³-hybridized carbons (Fsp3) is 0.417. The molecule has 0 saturated carbocycles. The van der Waals surface area contributed by atoms with E-state index in [4.69, 9.17) is 31.8 Å². The SMILES string of the molecule is CCCOCCOC(=O)c1ccc(Cl)c(S(=O)(=O)Cl)c1. The van der Waals surface area contributed by atoms with Crippen molar-refractivity contribution in [3.63, 3.8) is 0 Å². The summed E-state index contributed by atoms with van der Waals surface area (Å²) in [7, 11) is 1.20. The van der Waals surface area contributed by atoms with Crippen LogP contribution in [0.2, 0.25) is 5.02 Å². The Morgan fingerprint density at radius 1 is 1.25 bits per heavy atom. The molecule has 0 aliphatic carbocycles. The van der Waals surface area contributed by atoms with Crippen molar-refractivity contribution in [1.29, 1.82) is 0 Å². The summed E-state index contributed by atoms with van der Waals surface area (Å²) < 4.78 is 32.6. The summed E-state index contributed by atoms with van der Waals surface area (Å²) in [5.41, 5.74) is 0.0594. The highest BCUT2D eigenvalue weighted by Crippen LogP contribution is 2.25. The van der Waals surface area contributed by atoms with Crippen molar-refractivity contribution < 1.29 is 22.7 Å². The van der Waals surface area contributed by atoms with Gasteiger partial charge in [0.1, 0.15) is 11.5 Å². The molecule has 1 rings (SSSR count). The van der Waals surface area contributed by atoms with Gasteiger partial charge in [0.25, 0.3) is 9.05 Å². The summed E-state index contributed by atoms with van der Waals surface area (Å²) >= 11 is 5.71. The third-order valence-corrected chi connectivity index (χ3v) is 4.04. The molecule has 0 spiro atoms. The van der Waals surface area contributed by atoms with Gasteiger partial charge in [0.2, 0.25) is 0 Å². The molecule has 0 bridgehead atoms. The lowest BCUT2D eigenvalue weighted by Gasteiger charge is -2.07. The van der Waals surface area contributed by atoms with Gasteiger partial charge >= 0.3 is 5.97 Å². The van der Waals surface area contributed by atoms with E-state index in [1.54, 1.807) is 0 Å². The lowest BCUT2D eigenvalue weighted by Crippen LogP contribution is -2.11. The lowest BCUT2D eigenvalue weighted by molar-refractivity contribution is 0.0318. The molecule has 0 radical (unpaired) electrons. The van der Waals surface area contributed by atoms with Crippen LogP contribution in [0.5, 0.6) is 0 Å². The molecule has 0 atom stereocenters. The number of carbonyl (C=O) groups is 1. The summed E-state index contributed by atoms with van der Waals surface area (Å²) in [6.07, 6.45) is 0.877. The minimum absolute atomic E-state index is 0.0529. The smallest absolute Gasteiger partial charge is 0.338 e. The van der Waals surface area contributed by atoms with Crippen LogP contribution < -0.4 is 0 Å². The van der Waals surface area contributed by atoms with Crippen LogP contribution in [0.15, 0.2) is 23.1 Å². The fourth-order valence-corrected chi connectivity index (χ4v) is 2.83. The minimum Gasteiger partial charge on any atom is -0.460 e. The van der Waals surface area contributed by atoms with E-state index in [1.165, 1.54) is 12.1 Å². The fourth-order valence-electron chi connectivity index (χ4n) is 1.34. The number of hydrogen-bond donors (Lipinski definition) is 0. The van der Waals surface area contributed by atoms with Gasteiger partial charge in [-0.15, -0.1) is 0 Å². The molecule has 8 heteroatoms. The molecular weight excluding hydrogens is 327 g/mol. The maximum atomic E-state index is 11.7. The number of esters is 1. The highest BCUT2D eigenvalue weighted by Gasteiger charge is 2.18. The van der Waals surface area contributed by atoms with Crippen LogP contribution in [0.1, 0.15) is 23.7 Å². The zero-order valence-corrected chi connectivity index (χ0v) is 13.1. The van der Waals surface area contributed by atoms with Gasteiger partial charge in [-0.25, -0.2) is 13.2 Å². The van der Waals surface area contributed by atoms with Gasteiger partial charge in [0.05, 0.1) is 17.2 Å². The Morgan fingerprint density at radius 2 is 1.95 bits per heavy atom. The van der Waals surface area contributed by atoms with Gasteiger partial charge in [0.15, 0.2) is 0 Å². The van der Waals surface area contributed by atoms with Crippen molar-refractivity contribution in [2.75, 3.05) is 19.8 Å². The van der Waals surface area contributed by atoms with Crippen LogP contribution in [0.3, 0.4) is 0 Å². The molecule has 0 amide bonds. The summed E-state index contributed by atoms with van der Waals surface area (Å²) in [4.78, 5) is 11.4. The summed E-state index contributed by atoms with van der Waals surface area (Å²) in [5, 5.41) is -0.0529. The number of ether oxygens (including phenoxy) is 2. The third-order valence-electron chi connectivity index (χ3n) is 2.24.